The zero-order valence-corrected chi connectivity index (χ0v) is 16.3. The average Bonchev–Trinajstić information content (AvgIpc) is 3.09. The standard InChI is InChI=1S/C17H19N9O4/c1-9(27)11-6-21-14(23-10-4-19-8-20-5-10)16(24-11)30-17(29)25-12-7-22-26(3)13(12)15(28)18-2/h4-9,27H,1-3H3,(H,18,28)(H,21,23)(H,25,29). The number of rotatable bonds is 6. The lowest BCUT2D eigenvalue weighted by Crippen LogP contribution is -2.25. The second-order valence-electron chi connectivity index (χ2n) is 6.00. The molecule has 3 rings (SSSR count). The molecule has 0 radical (unpaired) electrons. The summed E-state index contributed by atoms with van der Waals surface area (Å²) < 4.78 is 6.59. The van der Waals surface area contributed by atoms with E-state index in [4.69, 9.17) is 4.74 Å². The Kier molecular flexibility index (Phi) is 6.12. The van der Waals surface area contributed by atoms with Gasteiger partial charge in [-0.05, 0) is 6.92 Å². The van der Waals surface area contributed by atoms with Crippen LogP contribution >= 0.6 is 0 Å². The molecule has 156 valence electrons. The van der Waals surface area contributed by atoms with E-state index in [0.29, 0.717) is 5.69 Å². The smallest absolute Gasteiger partial charge is 0.387 e. The molecule has 13 nitrogen and oxygen atoms in total. The number of hydrogen-bond donors (Lipinski definition) is 4. The number of anilines is 3. The quantitative estimate of drug-likeness (QED) is 0.452. The van der Waals surface area contributed by atoms with Crippen LogP contribution in [0.15, 0.2) is 31.1 Å². The summed E-state index contributed by atoms with van der Waals surface area (Å²) in [5.74, 6) is -0.533. The third kappa shape index (κ3) is 4.64. The van der Waals surface area contributed by atoms with E-state index in [0.717, 1.165) is 0 Å². The van der Waals surface area contributed by atoms with E-state index in [2.05, 4.69) is 41.0 Å². The van der Waals surface area contributed by atoms with E-state index in [9.17, 15) is 14.7 Å². The van der Waals surface area contributed by atoms with Crippen LogP contribution in [0.5, 0.6) is 5.88 Å². The van der Waals surface area contributed by atoms with Gasteiger partial charge in [0.1, 0.15) is 12.0 Å². The van der Waals surface area contributed by atoms with E-state index in [1.165, 1.54) is 49.8 Å². The van der Waals surface area contributed by atoms with Gasteiger partial charge in [0.25, 0.3) is 11.8 Å². The fourth-order valence-electron chi connectivity index (χ4n) is 2.38. The van der Waals surface area contributed by atoms with E-state index in [1.54, 1.807) is 7.05 Å². The highest BCUT2D eigenvalue weighted by molar-refractivity contribution is 6.01. The van der Waals surface area contributed by atoms with Gasteiger partial charge in [0.2, 0.25) is 0 Å². The van der Waals surface area contributed by atoms with Gasteiger partial charge in [0, 0.05) is 14.1 Å². The molecule has 3 aromatic heterocycles. The van der Waals surface area contributed by atoms with Crippen LogP contribution in [0.3, 0.4) is 0 Å². The summed E-state index contributed by atoms with van der Waals surface area (Å²) >= 11 is 0. The number of carbonyl (C=O) groups is 2. The van der Waals surface area contributed by atoms with E-state index in [-0.39, 0.29) is 28.8 Å². The number of nitrogens with one attached hydrogen (secondary N) is 3. The van der Waals surface area contributed by atoms with Gasteiger partial charge in [-0.15, -0.1) is 0 Å². The van der Waals surface area contributed by atoms with Crippen LogP contribution in [0.2, 0.25) is 0 Å². The number of ether oxygens (including phenoxy) is 1. The van der Waals surface area contributed by atoms with Crippen LogP contribution in [0.25, 0.3) is 0 Å². The van der Waals surface area contributed by atoms with E-state index >= 15 is 0 Å². The third-order valence-electron chi connectivity index (χ3n) is 3.82. The molecule has 0 aliphatic heterocycles. The van der Waals surface area contributed by atoms with Gasteiger partial charge in [-0.3, -0.25) is 14.8 Å². The summed E-state index contributed by atoms with van der Waals surface area (Å²) in [4.78, 5) is 40.5. The maximum atomic E-state index is 12.5. The lowest BCUT2D eigenvalue weighted by atomic mass is 10.3. The number of carbonyl (C=O) groups excluding carboxylic acids is 2. The van der Waals surface area contributed by atoms with Crippen LogP contribution in [-0.2, 0) is 7.05 Å². The van der Waals surface area contributed by atoms with Gasteiger partial charge in [0.15, 0.2) is 5.82 Å². The van der Waals surface area contributed by atoms with Crippen LogP contribution in [-0.4, -0.2) is 53.9 Å². The molecule has 0 saturated heterocycles. The molecular formula is C17H19N9O4. The predicted octanol–water partition coefficient (Wildman–Crippen LogP) is 0.767. The number of aromatic nitrogens is 6. The molecule has 30 heavy (non-hydrogen) atoms. The summed E-state index contributed by atoms with van der Waals surface area (Å²) in [7, 11) is 3.02. The molecule has 2 amide bonds. The number of aliphatic hydroxyl groups is 1. The summed E-state index contributed by atoms with van der Waals surface area (Å²) in [5, 5.41) is 21.5. The van der Waals surface area contributed by atoms with Crippen LogP contribution in [0.4, 0.5) is 22.0 Å². The number of nitrogens with zero attached hydrogens (tertiary/aromatic N) is 6. The van der Waals surface area contributed by atoms with Crippen molar-refractivity contribution in [2.45, 2.75) is 13.0 Å². The van der Waals surface area contributed by atoms with Crippen molar-refractivity contribution in [2.75, 3.05) is 17.7 Å². The van der Waals surface area contributed by atoms with Crippen molar-refractivity contribution in [1.82, 2.24) is 35.0 Å². The Morgan fingerprint density at radius 2 is 1.93 bits per heavy atom. The minimum Gasteiger partial charge on any atom is -0.387 e. The minimum absolute atomic E-state index is 0.0991. The van der Waals surface area contributed by atoms with Crippen molar-refractivity contribution in [2.24, 2.45) is 7.05 Å². The SMILES string of the molecule is CNC(=O)c1c(NC(=O)Oc2nc(C(C)O)cnc2Nc2cncnc2)cnn1C. The highest BCUT2D eigenvalue weighted by atomic mass is 16.6. The monoisotopic (exact) mass is 413 g/mol. The molecule has 3 heterocycles. The summed E-state index contributed by atoms with van der Waals surface area (Å²) in [6, 6.07) is 0. The molecule has 0 aromatic carbocycles. The van der Waals surface area contributed by atoms with Crippen LogP contribution < -0.4 is 20.7 Å². The minimum atomic E-state index is -0.935. The highest BCUT2D eigenvalue weighted by Gasteiger charge is 2.20. The Morgan fingerprint density at radius 1 is 1.20 bits per heavy atom. The van der Waals surface area contributed by atoms with Gasteiger partial charge < -0.3 is 20.5 Å². The maximum Gasteiger partial charge on any atom is 0.418 e. The van der Waals surface area contributed by atoms with Gasteiger partial charge in [-0.1, -0.05) is 0 Å². The largest absolute Gasteiger partial charge is 0.418 e. The van der Waals surface area contributed by atoms with Gasteiger partial charge >= 0.3 is 6.09 Å². The van der Waals surface area contributed by atoms with Gasteiger partial charge in [-0.2, -0.15) is 5.10 Å². The molecule has 0 aliphatic rings. The molecule has 4 N–H and O–H groups in total. The first-order valence-electron chi connectivity index (χ1n) is 8.69. The second kappa shape index (κ2) is 8.91. The molecular weight excluding hydrogens is 394 g/mol. The fourth-order valence-corrected chi connectivity index (χ4v) is 2.38. The first-order chi connectivity index (χ1) is 14.4. The van der Waals surface area contributed by atoms with Crippen molar-refractivity contribution in [1.29, 1.82) is 0 Å². The first kappa shape index (κ1) is 20.6. The third-order valence-corrected chi connectivity index (χ3v) is 3.82. The molecule has 0 saturated carbocycles. The Bertz CT molecular complexity index is 1050. The molecule has 1 atom stereocenters. The molecule has 0 fully saturated rings. The van der Waals surface area contributed by atoms with Gasteiger partial charge in [-0.25, -0.2) is 24.7 Å². The molecule has 0 aliphatic carbocycles. The first-order valence-corrected chi connectivity index (χ1v) is 8.69. The van der Waals surface area contributed by atoms with Crippen molar-refractivity contribution in [3.05, 3.63) is 42.5 Å². The lowest BCUT2D eigenvalue weighted by Gasteiger charge is -2.13. The van der Waals surface area contributed by atoms with Gasteiger partial charge in [0.05, 0.1) is 48.0 Å². The second-order valence-corrected chi connectivity index (χ2v) is 6.00. The van der Waals surface area contributed by atoms with Crippen molar-refractivity contribution in [3.8, 4) is 5.88 Å². The number of aryl methyl sites for hydroxylation is 1. The normalized spacial score (nSPS) is 11.5. The van der Waals surface area contributed by atoms with E-state index in [1.807, 2.05) is 0 Å². The van der Waals surface area contributed by atoms with Crippen LogP contribution in [0.1, 0.15) is 29.2 Å². The zero-order valence-electron chi connectivity index (χ0n) is 16.3. The molecule has 3 aromatic rings. The summed E-state index contributed by atoms with van der Waals surface area (Å²) in [6.07, 6.45) is 5.12. The molecule has 0 spiro atoms. The Balaban J connectivity index is 1.85. The molecule has 0 bridgehead atoms. The lowest BCUT2D eigenvalue weighted by molar-refractivity contribution is 0.0954. The van der Waals surface area contributed by atoms with E-state index < -0.39 is 18.1 Å². The topological polar surface area (TPSA) is 169 Å². The Hall–Kier alpha value is -4.13. The fraction of sp³-hybridized carbons (Fsp3) is 0.235. The Labute approximate surface area is 170 Å². The number of amides is 2. The molecule has 1 unspecified atom stereocenters. The van der Waals surface area contributed by atoms with Crippen molar-refractivity contribution in [3.63, 3.8) is 0 Å². The number of aliphatic hydroxyl groups excluding tert-OH is 1. The van der Waals surface area contributed by atoms with Crippen molar-refractivity contribution < 1.29 is 19.4 Å². The van der Waals surface area contributed by atoms with Crippen molar-refractivity contribution >= 4 is 29.2 Å². The highest BCUT2D eigenvalue weighted by Crippen LogP contribution is 2.25. The zero-order chi connectivity index (χ0) is 21.7. The Morgan fingerprint density at radius 3 is 2.60 bits per heavy atom. The average molecular weight is 413 g/mol. The number of hydrogen-bond acceptors (Lipinski definition) is 10. The summed E-state index contributed by atoms with van der Waals surface area (Å²) in [6.45, 7) is 1.50. The maximum absolute atomic E-state index is 12.5. The van der Waals surface area contributed by atoms with Crippen LogP contribution in [0, 0.1) is 0 Å². The predicted molar refractivity (Wildman–Crippen MR) is 104 cm³/mol. The molecule has 13 heteroatoms. The summed E-state index contributed by atoms with van der Waals surface area (Å²) in [5.41, 5.74) is 0.960.